The van der Waals surface area contributed by atoms with Crippen molar-refractivity contribution >= 4 is 24.4 Å². The zero-order chi connectivity index (χ0) is 15.0. The van der Waals surface area contributed by atoms with Crippen LogP contribution in [0.3, 0.4) is 0 Å². The van der Waals surface area contributed by atoms with Gasteiger partial charge in [0.1, 0.15) is 13.7 Å². The van der Waals surface area contributed by atoms with Crippen molar-refractivity contribution in [3.8, 4) is 11.1 Å². The second-order valence-electron chi connectivity index (χ2n) is 5.28. The van der Waals surface area contributed by atoms with Crippen LogP contribution in [0.5, 0.6) is 0 Å². The van der Waals surface area contributed by atoms with Crippen molar-refractivity contribution in [3.05, 3.63) is 48.9 Å². The van der Waals surface area contributed by atoms with Crippen LogP contribution in [0, 0.1) is 0 Å². The lowest BCUT2D eigenvalue weighted by molar-refractivity contribution is 0.0728. The van der Waals surface area contributed by atoms with E-state index >= 15 is 0 Å². The predicted octanol–water partition coefficient (Wildman–Crippen LogP) is 2.54. The van der Waals surface area contributed by atoms with Gasteiger partial charge in [0.2, 0.25) is 0 Å². The molecule has 1 unspecified atom stereocenters. The zero-order valence-corrected chi connectivity index (χ0v) is 12.0. The van der Waals surface area contributed by atoms with Crippen molar-refractivity contribution in [1.82, 2.24) is 9.55 Å². The summed E-state index contributed by atoms with van der Waals surface area (Å²) in [5.41, 5.74) is 0.683. The molecule has 0 aliphatic heterocycles. The van der Waals surface area contributed by atoms with Gasteiger partial charge in [0.15, 0.2) is 0 Å². The standard InChI is InChI=1S/C16H16BN3O/c1-16(17,21)20-6-5-13(10-20)11-3-4-12-9-19-15(18-2)8-14(12)7-11/h3-10,21H,1-2H3,(H,18,19). The van der Waals surface area contributed by atoms with Gasteiger partial charge in [-0.1, -0.05) is 12.1 Å². The topological polar surface area (TPSA) is 50.1 Å². The van der Waals surface area contributed by atoms with Gasteiger partial charge in [0, 0.05) is 31.0 Å². The first kappa shape index (κ1) is 13.7. The van der Waals surface area contributed by atoms with Crippen molar-refractivity contribution in [1.29, 1.82) is 0 Å². The molecule has 0 saturated heterocycles. The van der Waals surface area contributed by atoms with E-state index in [-0.39, 0.29) is 0 Å². The Morgan fingerprint density at radius 3 is 2.67 bits per heavy atom. The van der Waals surface area contributed by atoms with Gasteiger partial charge in [0.05, 0.1) is 5.62 Å². The van der Waals surface area contributed by atoms with E-state index in [1.165, 1.54) is 0 Å². The average Bonchev–Trinajstić information content (AvgIpc) is 2.96. The van der Waals surface area contributed by atoms with E-state index in [9.17, 15) is 5.11 Å². The van der Waals surface area contributed by atoms with E-state index in [1.807, 2.05) is 43.7 Å². The summed E-state index contributed by atoms with van der Waals surface area (Å²) in [6, 6.07) is 10.1. The molecule has 0 aliphatic rings. The van der Waals surface area contributed by atoms with Gasteiger partial charge in [-0.05, 0) is 41.6 Å². The van der Waals surface area contributed by atoms with E-state index < -0.39 is 5.62 Å². The quantitative estimate of drug-likeness (QED) is 0.723. The molecule has 0 spiro atoms. The zero-order valence-electron chi connectivity index (χ0n) is 12.0. The molecule has 4 nitrogen and oxygen atoms in total. The Labute approximate surface area is 124 Å². The number of benzene rings is 1. The van der Waals surface area contributed by atoms with Crippen molar-refractivity contribution in [3.63, 3.8) is 0 Å². The number of hydrogen-bond donors (Lipinski definition) is 2. The lowest BCUT2D eigenvalue weighted by atomic mass is 9.93. The fraction of sp³-hybridized carbons (Fsp3) is 0.188. The van der Waals surface area contributed by atoms with Crippen LogP contribution in [0.1, 0.15) is 6.92 Å². The van der Waals surface area contributed by atoms with E-state index in [0.717, 1.165) is 27.7 Å². The maximum Gasteiger partial charge on any atom is 0.144 e. The number of nitrogens with one attached hydrogen (secondary N) is 1. The third kappa shape index (κ3) is 2.65. The Hall–Kier alpha value is -2.27. The number of fused-ring (bicyclic) bond motifs is 1. The van der Waals surface area contributed by atoms with Crippen LogP contribution < -0.4 is 5.32 Å². The Morgan fingerprint density at radius 1 is 1.19 bits per heavy atom. The summed E-state index contributed by atoms with van der Waals surface area (Å²) in [5.74, 6) is 0.835. The number of rotatable bonds is 3. The van der Waals surface area contributed by atoms with Crippen molar-refractivity contribution < 1.29 is 5.11 Å². The monoisotopic (exact) mass is 277 g/mol. The fourth-order valence-electron chi connectivity index (χ4n) is 2.31. The minimum absolute atomic E-state index is 0.835. The van der Waals surface area contributed by atoms with Crippen LogP contribution in [0.15, 0.2) is 48.9 Å². The Morgan fingerprint density at radius 2 is 2.00 bits per heavy atom. The summed E-state index contributed by atoms with van der Waals surface area (Å²) in [4.78, 5) is 4.30. The second-order valence-corrected chi connectivity index (χ2v) is 5.28. The third-order valence-corrected chi connectivity index (χ3v) is 3.53. The molecule has 0 fully saturated rings. The maximum atomic E-state index is 9.81. The summed E-state index contributed by atoms with van der Waals surface area (Å²) in [5, 5.41) is 15.0. The van der Waals surface area contributed by atoms with Gasteiger partial charge >= 0.3 is 0 Å². The number of anilines is 1. The lowest BCUT2D eigenvalue weighted by Gasteiger charge is -2.20. The molecule has 1 atom stereocenters. The van der Waals surface area contributed by atoms with Gasteiger partial charge in [-0.25, -0.2) is 4.98 Å². The molecule has 0 amide bonds. The van der Waals surface area contributed by atoms with Crippen LogP contribution >= 0.6 is 0 Å². The van der Waals surface area contributed by atoms with Gasteiger partial charge < -0.3 is 15.0 Å². The lowest BCUT2D eigenvalue weighted by Crippen LogP contribution is -2.28. The smallest absolute Gasteiger partial charge is 0.144 e. The first-order valence-electron chi connectivity index (χ1n) is 6.75. The highest BCUT2D eigenvalue weighted by atomic mass is 16.3. The number of hydrogen-bond acceptors (Lipinski definition) is 3. The Balaban J connectivity index is 2.06. The average molecular weight is 277 g/mol. The van der Waals surface area contributed by atoms with Crippen LogP contribution in [-0.4, -0.2) is 29.6 Å². The van der Waals surface area contributed by atoms with Gasteiger partial charge in [-0.15, -0.1) is 0 Å². The summed E-state index contributed by atoms with van der Waals surface area (Å²) < 4.78 is 1.58. The minimum Gasteiger partial charge on any atom is -0.380 e. The SMILES string of the molecule is [B]C(C)(O)n1ccc(-c2ccc3cnc(NC)cc3c2)c1. The molecule has 2 heterocycles. The normalized spacial score (nSPS) is 14.0. The molecule has 2 N–H and O–H groups in total. The summed E-state index contributed by atoms with van der Waals surface area (Å²) in [6.07, 6.45) is 5.45. The molecule has 3 rings (SSSR count). The summed E-state index contributed by atoms with van der Waals surface area (Å²) in [6.45, 7) is 1.54. The number of pyridine rings is 1. The number of aromatic nitrogens is 2. The Kier molecular flexibility index (Phi) is 3.22. The van der Waals surface area contributed by atoms with E-state index in [4.69, 9.17) is 7.85 Å². The molecular formula is C16H16BN3O. The van der Waals surface area contributed by atoms with E-state index in [2.05, 4.69) is 16.4 Å². The first-order chi connectivity index (χ1) is 9.97. The molecule has 0 bridgehead atoms. The van der Waals surface area contributed by atoms with Crippen LogP contribution in [0.2, 0.25) is 0 Å². The molecule has 104 valence electrons. The van der Waals surface area contributed by atoms with Crippen LogP contribution in [0.4, 0.5) is 5.82 Å². The second kappa shape index (κ2) is 4.93. The van der Waals surface area contributed by atoms with Crippen LogP contribution in [-0.2, 0) is 5.62 Å². The van der Waals surface area contributed by atoms with Crippen molar-refractivity contribution in [2.75, 3.05) is 12.4 Å². The first-order valence-corrected chi connectivity index (χ1v) is 6.75. The highest BCUT2D eigenvalue weighted by Crippen LogP contribution is 2.26. The molecular weight excluding hydrogens is 261 g/mol. The molecule has 0 aliphatic carbocycles. The minimum atomic E-state index is -1.39. The Bertz CT molecular complexity index is 790. The molecule has 0 saturated carbocycles. The largest absolute Gasteiger partial charge is 0.380 e. The highest BCUT2D eigenvalue weighted by Gasteiger charge is 2.14. The van der Waals surface area contributed by atoms with Gasteiger partial charge in [-0.2, -0.15) is 0 Å². The predicted molar refractivity (Wildman–Crippen MR) is 86.3 cm³/mol. The fourth-order valence-corrected chi connectivity index (χ4v) is 2.31. The van der Waals surface area contributed by atoms with Crippen LogP contribution in [0.25, 0.3) is 21.9 Å². The molecule has 3 aromatic rings. The summed E-state index contributed by atoms with van der Waals surface area (Å²) in [7, 11) is 7.53. The van der Waals surface area contributed by atoms with E-state index in [1.54, 1.807) is 17.7 Å². The third-order valence-electron chi connectivity index (χ3n) is 3.53. The van der Waals surface area contributed by atoms with Crippen molar-refractivity contribution in [2.45, 2.75) is 12.5 Å². The summed E-state index contributed by atoms with van der Waals surface area (Å²) >= 11 is 0. The van der Waals surface area contributed by atoms with Gasteiger partial charge in [-0.3, -0.25) is 0 Å². The van der Waals surface area contributed by atoms with Gasteiger partial charge in [0.25, 0.3) is 0 Å². The number of nitrogens with zero attached hydrogens (tertiary/aromatic N) is 2. The maximum absolute atomic E-state index is 9.81. The molecule has 1 aromatic carbocycles. The highest BCUT2D eigenvalue weighted by molar-refractivity contribution is 6.12. The molecule has 21 heavy (non-hydrogen) atoms. The molecule has 5 heteroatoms. The molecule has 2 radical (unpaired) electrons. The molecule has 2 aromatic heterocycles. The number of aliphatic hydroxyl groups is 1. The van der Waals surface area contributed by atoms with Crippen molar-refractivity contribution in [2.24, 2.45) is 0 Å². The van der Waals surface area contributed by atoms with E-state index in [0.29, 0.717) is 0 Å².